The van der Waals surface area contributed by atoms with E-state index in [1.54, 1.807) is 6.07 Å². The first-order chi connectivity index (χ1) is 14.9. The average Bonchev–Trinajstić information content (AvgIpc) is 2.74. The van der Waals surface area contributed by atoms with Gasteiger partial charge in [-0.2, -0.15) is 4.98 Å². The van der Waals surface area contributed by atoms with Crippen LogP contribution in [0, 0.1) is 12.8 Å². The Morgan fingerprint density at radius 1 is 1.13 bits per heavy atom. The second-order valence-corrected chi connectivity index (χ2v) is 9.49. The summed E-state index contributed by atoms with van der Waals surface area (Å²) in [5.41, 5.74) is 1.71. The van der Waals surface area contributed by atoms with E-state index in [0.717, 1.165) is 49.3 Å². The minimum absolute atomic E-state index is 0.0780. The molecule has 0 amide bonds. The number of nitrogens with one attached hydrogen (secondary N) is 2. The Balaban J connectivity index is 1.66. The molecule has 1 fully saturated rings. The average molecular weight is 485 g/mol. The van der Waals surface area contributed by atoms with Gasteiger partial charge in [-0.05, 0) is 76.2 Å². The van der Waals surface area contributed by atoms with Crippen LogP contribution in [0.4, 0.5) is 11.8 Å². The van der Waals surface area contributed by atoms with Gasteiger partial charge in [0.05, 0.1) is 11.7 Å². The number of hydrogen-bond donors (Lipinski definition) is 2. The van der Waals surface area contributed by atoms with Crippen molar-refractivity contribution in [3.8, 4) is 0 Å². The fourth-order valence-corrected chi connectivity index (χ4v) is 4.66. The van der Waals surface area contributed by atoms with Gasteiger partial charge in [0.2, 0.25) is 5.95 Å². The van der Waals surface area contributed by atoms with E-state index in [-0.39, 0.29) is 6.04 Å². The predicted octanol–water partition coefficient (Wildman–Crippen LogP) is 6.52. The van der Waals surface area contributed by atoms with E-state index < -0.39 is 0 Å². The Morgan fingerprint density at radius 3 is 2.55 bits per heavy atom. The van der Waals surface area contributed by atoms with Crippen LogP contribution in [-0.2, 0) is 0 Å². The number of halogens is 3. The molecule has 3 rings (SSSR count). The van der Waals surface area contributed by atoms with Gasteiger partial charge in [0.1, 0.15) is 5.02 Å². The highest BCUT2D eigenvalue weighted by Gasteiger charge is 2.23. The van der Waals surface area contributed by atoms with Gasteiger partial charge >= 0.3 is 0 Å². The summed E-state index contributed by atoms with van der Waals surface area (Å²) in [4.78, 5) is 11.7. The van der Waals surface area contributed by atoms with Crippen molar-refractivity contribution in [2.24, 2.45) is 5.92 Å². The summed E-state index contributed by atoms with van der Waals surface area (Å²) in [6.45, 7) is 10.3. The summed E-state index contributed by atoms with van der Waals surface area (Å²) in [6.07, 6.45) is 4.75. The van der Waals surface area contributed by atoms with Gasteiger partial charge in [-0.25, -0.2) is 4.98 Å². The third-order valence-electron chi connectivity index (χ3n) is 5.84. The Bertz CT molecular complexity index is 869. The summed E-state index contributed by atoms with van der Waals surface area (Å²) in [5.74, 6) is 2.13. The summed E-state index contributed by atoms with van der Waals surface area (Å²) in [7, 11) is 0. The Morgan fingerprint density at radius 2 is 1.87 bits per heavy atom. The molecule has 0 spiro atoms. The van der Waals surface area contributed by atoms with Crippen molar-refractivity contribution in [2.75, 3.05) is 36.4 Å². The Kier molecular flexibility index (Phi) is 9.08. The number of aryl methyl sites for hydroxylation is 1. The highest BCUT2D eigenvalue weighted by Crippen LogP contribution is 2.33. The minimum atomic E-state index is -0.0780. The molecule has 1 aromatic heterocycles. The molecule has 1 aromatic carbocycles. The number of benzene rings is 1. The van der Waals surface area contributed by atoms with Crippen LogP contribution in [0.1, 0.15) is 56.8 Å². The summed E-state index contributed by atoms with van der Waals surface area (Å²) in [5, 5.41) is 8.69. The van der Waals surface area contributed by atoms with Crippen molar-refractivity contribution >= 4 is 46.6 Å². The van der Waals surface area contributed by atoms with E-state index in [1.165, 1.54) is 25.7 Å². The number of hydrogen-bond acceptors (Lipinski definition) is 5. The highest BCUT2D eigenvalue weighted by molar-refractivity contribution is 6.35. The quantitative estimate of drug-likeness (QED) is 0.397. The molecule has 1 atom stereocenters. The molecule has 31 heavy (non-hydrogen) atoms. The molecular formula is C23H32Cl3N5. The maximum Gasteiger partial charge on any atom is 0.227 e. The monoisotopic (exact) mass is 483 g/mol. The maximum absolute atomic E-state index is 6.54. The van der Waals surface area contributed by atoms with Crippen molar-refractivity contribution in [3.05, 3.63) is 44.5 Å². The van der Waals surface area contributed by atoms with Crippen LogP contribution in [0.25, 0.3) is 0 Å². The van der Waals surface area contributed by atoms with Crippen molar-refractivity contribution < 1.29 is 0 Å². The molecule has 2 N–H and O–H groups in total. The van der Waals surface area contributed by atoms with Crippen molar-refractivity contribution in [1.29, 1.82) is 0 Å². The molecule has 0 bridgehead atoms. The molecule has 8 heteroatoms. The van der Waals surface area contributed by atoms with Crippen LogP contribution >= 0.6 is 34.8 Å². The van der Waals surface area contributed by atoms with Crippen LogP contribution < -0.4 is 15.5 Å². The van der Waals surface area contributed by atoms with Crippen molar-refractivity contribution in [2.45, 2.75) is 52.5 Å². The van der Waals surface area contributed by atoms with E-state index in [1.807, 2.05) is 26.0 Å². The van der Waals surface area contributed by atoms with Crippen LogP contribution in [0.2, 0.25) is 15.1 Å². The first-order valence-corrected chi connectivity index (χ1v) is 12.2. The molecule has 0 unspecified atom stereocenters. The van der Waals surface area contributed by atoms with Gasteiger partial charge in [0.25, 0.3) is 0 Å². The third kappa shape index (κ3) is 6.61. The van der Waals surface area contributed by atoms with Gasteiger partial charge in [-0.1, -0.05) is 47.8 Å². The summed E-state index contributed by atoms with van der Waals surface area (Å²) < 4.78 is 0. The summed E-state index contributed by atoms with van der Waals surface area (Å²) >= 11 is 19.0. The van der Waals surface area contributed by atoms with Gasteiger partial charge in [-0.15, -0.1) is 0 Å². The molecule has 170 valence electrons. The highest BCUT2D eigenvalue weighted by atomic mass is 35.5. The lowest BCUT2D eigenvalue weighted by atomic mass is 9.94. The minimum Gasteiger partial charge on any atom is -0.362 e. The van der Waals surface area contributed by atoms with Crippen LogP contribution in [0.5, 0.6) is 0 Å². The fourth-order valence-electron chi connectivity index (χ4n) is 3.95. The number of piperidine rings is 1. The number of aromatic nitrogens is 2. The van der Waals surface area contributed by atoms with Gasteiger partial charge in [-0.3, -0.25) is 0 Å². The molecule has 0 radical (unpaired) electrons. The third-order valence-corrected chi connectivity index (χ3v) is 6.86. The lowest BCUT2D eigenvalue weighted by Gasteiger charge is -2.32. The van der Waals surface area contributed by atoms with Gasteiger partial charge < -0.3 is 15.5 Å². The number of anilines is 2. The molecule has 1 saturated heterocycles. The standard InChI is InChI=1S/C23H32Cl3N5/c1-4-10-27-11-7-17-8-12-31(13-9-17)23-29-16(3)21(26)22(30-23)28-15(2)19-6-5-18(24)14-20(19)25/h5-6,14-15,17,27H,4,7-13H2,1-3H3,(H,28,29,30)/t15-/m1/s1. The van der Waals surface area contributed by atoms with Crippen LogP contribution in [-0.4, -0.2) is 36.1 Å². The maximum atomic E-state index is 6.54. The lowest BCUT2D eigenvalue weighted by molar-refractivity contribution is 0.371. The van der Waals surface area contributed by atoms with Gasteiger partial charge in [0, 0.05) is 23.1 Å². The zero-order valence-electron chi connectivity index (χ0n) is 18.5. The summed E-state index contributed by atoms with van der Waals surface area (Å²) in [6, 6.07) is 5.43. The largest absolute Gasteiger partial charge is 0.362 e. The molecule has 2 heterocycles. The van der Waals surface area contributed by atoms with Crippen LogP contribution in [0.15, 0.2) is 18.2 Å². The van der Waals surface area contributed by atoms with Crippen LogP contribution in [0.3, 0.4) is 0 Å². The topological polar surface area (TPSA) is 53.1 Å². The first kappa shape index (κ1) is 24.4. The molecule has 1 aliphatic heterocycles. The van der Waals surface area contributed by atoms with E-state index in [2.05, 4.69) is 27.4 Å². The number of rotatable bonds is 9. The molecule has 0 aliphatic carbocycles. The molecule has 5 nitrogen and oxygen atoms in total. The van der Waals surface area contributed by atoms with E-state index >= 15 is 0 Å². The molecular weight excluding hydrogens is 453 g/mol. The lowest BCUT2D eigenvalue weighted by Crippen LogP contribution is -2.36. The van der Waals surface area contributed by atoms with E-state index in [0.29, 0.717) is 20.9 Å². The SMILES string of the molecule is CCCNCCC1CCN(c2nc(C)c(Cl)c(N[C@H](C)c3ccc(Cl)cc3Cl)n2)CC1. The normalized spacial score (nSPS) is 15.9. The number of nitrogens with zero attached hydrogens (tertiary/aromatic N) is 3. The fraction of sp³-hybridized carbons (Fsp3) is 0.565. The first-order valence-electron chi connectivity index (χ1n) is 11.1. The van der Waals surface area contributed by atoms with Crippen molar-refractivity contribution in [1.82, 2.24) is 15.3 Å². The second kappa shape index (κ2) is 11.6. The molecule has 1 aliphatic rings. The van der Waals surface area contributed by atoms with Crippen molar-refractivity contribution in [3.63, 3.8) is 0 Å². The molecule has 2 aromatic rings. The Labute approximate surface area is 200 Å². The second-order valence-electron chi connectivity index (χ2n) is 8.27. The Hall–Kier alpha value is -1.27. The zero-order chi connectivity index (χ0) is 22.4. The predicted molar refractivity (Wildman–Crippen MR) is 133 cm³/mol. The van der Waals surface area contributed by atoms with Gasteiger partial charge in [0.15, 0.2) is 5.82 Å². The smallest absolute Gasteiger partial charge is 0.227 e. The molecule has 0 saturated carbocycles. The zero-order valence-corrected chi connectivity index (χ0v) is 20.8. The van der Waals surface area contributed by atoms with E-state index in [9.17, 15) is 0 Å². The van der Waals surface area contributed by atoms with E-state index in [4.69, 9.17) is 39.8 Å².